The largest absolute Gasteiger partial charge is 0.497 e. The molecule has 0 saturated heterocycles. The molecule has 29 heavy (non-hydrogen) atoms. The molecule has 0 radical (unpaired) electrons. The van der Waals surface area contributed by atoms with Gasteiger partial charge >= 0.3 is 5.97 Å². The van der Waals surface area contributed by atoms with Crippen LogP contribution in [0.2, 0.25) is 0 Å². The van der Waals surface area contributed by atoms with Crippen molar-refractivity contribution < 1.29 is 23.8 Å². The summed E-state index contributed by atoms with van der Waals surface area (Å²) in [6.07, 6.45) is 3.51. The molecule has 1 aromatic carbocycles. The van der Waals surface area contributed by atoms with Crippen molar-refractivity contribution in [2.75, 3.05) is 26.1 Å². The van der Waals surface area contributed by atoms with Crippen molar-refractivity contribution in [2.24, 2.45) is 5.92 Å². The van der Waals surface area contributed by atoms with Crippen LogP contribution in [-0.2, 0) is 17.6 Å². The highest BCUT2D eigenvalue weighted by Gasteiger charge is 2.29. The van der Waals surface area contributed by atoms with Gasteiger partial charge in [-0.1, -0.05) is 13.8 Å². The molecule has 0 saturated carbocycles. The zero-order valence-electron chi connectivity index (χ0n) is 17.3. The molecule has 156 valence electrons. The van der Waals surface area contributed by atoms with E-state index < -0.39 is 0 Å². The Morgan fingerprint density at radius 1 is 1.24 bits per heavy atom. The minimum absolute atomic E-state index is 0.333. The van der Waals surface area contributed by atoms with Crippen molar-refractivity contribution in [3.8, 4) is 11.5 Å². The topological polar surface area (TPSA) is 73.9 Å². The van der Waals surface area contributed by atoms with Crippen LogP contribution in [0.15, 0.2) is 18.2 Å². The highest BCUT2D eigenvalue weighted by atomic mass is 32.1. The third-order valence-electron chi connectivity index (χ3n) is 5.03. The summed E-state index contributed by atoms with van der Waals surface area (Å²) < 4.78 is 15.9. The molecule has 2 aromatic rings. The smallest absolute Gasteiger partial charge is 0.341 e. The monoisotopic (exact) mass is 417 g/mol. The minimum Gasteiger partial charge on any atom is -0.497 e. The van der Waals surface area contributed by atoms with Crippen LogP contribution in [0, 0.1) is 5.92 Å². The lowest BCUT2D eigenvalue weighted by atomic mass is 9.88. The molecule has 1 N–H and O–H groups in total. The molecule has 0 aliphatic heterocycles. The summed E-state index contributed by atoms with van der Waals surface area (Å²) in [4.78, 5) is 26.9. The van der Waals surface area contributed by atoms with Crippen LogP contribution < -0.4 is 14.8 Å². The van der Waals surface area contributed by atoms with Gasteiger partial charge in [0.05, 0.1) is 32.0 Å². The number of carbonyl (C=O) groups is 2. The van der Waals surface area contributed by atoms with E-state index in [9.17, 15) is 9.59 Å². The molecule has 3 rings (SSSR count). The second kappa shape index (κ2) is 9.31. The SMILES string of the molecule is CCCOC(=O)c1c(NC(=O)c2ccc(OC)cc2OC)sc2c1CCC(C)C2. The zero-order valence-corrected chi connectivity index (χ0v) is 18.1. The van der Waals surface area contributed by atoms with Crippen molar-refractivity contribution in [1.29, 1.82) is 0 Å². The fourth-order valence-electron chi connectivity index (χ4n) is 3.48. The van der Waals surface area contributed by atoms with Crippen LogP contribution in [0.25, 0.3) is 0 Å². The Labute approximate surface area is 175 Å². The van der Waals surface area contributed by atoms with Gasteiger partial charge in [-0.2, -0.15) is 0 Å². The van der Waals surface area contributed by atoms with Crippen molar-refractivity contribution in [2.45, 2.75) is 39.5 Å². The summed E-state index contributed by atoms with van der Waals surface area (Å²) in [5.41, 5.74) is 1.90. The third-order valence-corrected chi connectivity index (χ3v) is 6.20. The van der Waals surface area contributed by atoms with Gasteiger partial charge in [0.25, 0.3) is 5.91 Å². The van der Waals surface area contributed by atoms with Gasteiger partial charge < -0.3 is 19.5 Å². The maximum atomic E-state index is 13.0. The first-order valence-corrected chi connectivity index (χ1v) is 10.6. The lowest BCUT2D eigenvalue weighted by Gasteiger charge is -2.18. The van der Waals surface area contributed by atoms with Gasteiger partial charge in [0, 0.05) is 10.9 Å². The molecule has 6 nitrogen and oxygen atoms in total. The van der Waals surface area contributed by atoms with E-state index in [4.69, 9.17) is 14.2 Å². The molecule has 1 atom stereocenters. The zero-order chi connectivity index (χ0) is 21.0. The van der Waals surface area contributed by atoms with Crippen LogP contribution in [0.5, 0.6) is 11.5 Å². The first-order chi connectivity index (χ1) is 14.0. The van der Waals surface area contributed by atoms with E-state index in [1.165, 1.54) is 18.4 Å². The molecular formula is C22H27NO5S. The summed E-state index contributed by atoms with van der Waals surface area (Å²) in [5, 5.41) is 3.48. The second-order valence-electron chi connectivity index (χ2n) is 7.21. The fourth-order valence-corrected chi connectivity index (χ4v) is 4.87. The average molecular weight is 418 g/mol. The van der Waals surface area contributed by atoms with Gasteiger partial charge in [-0.15, -0.1) is 11.3 Å². The summed E-state index contributed by atoms with van der Waals surface area (Å²) in [5.74, 6) is 0.872. The second-order valence-corrected chi connectivity index (χ2v) is 8.32. The standard InChI is InChI=1S/C22H27NO5S/c1-5-10-28-22(25)19-16-8-6-13(2)11-18(16)29-21(19)23-20(24)15-9-7-14(26-3)12-17(15)27-4/h7,9,12-13H,5-6,8,10-11H2,1-4H3,(H,23,24). The van der Waals surface area contributed by atoms with Gasteiger partial charge in [-0.05, 0) is 49.3 Å². The summed E-state index contributed by atoms with van der Waals surface area (Å²) >= 11 is 1.47. The van der Waals surface area contributed by atoms with Gasteiger partial charge in [-0.25, -0.2) is 4.79 Å². The van der Waals surface area contributed by atoms with Gasteiger partial charge in [-0.3, -0.25) is 4.79 Å². The van der Waals surface area contributed by atoms with E-state index >= 15 is 0 Å². The molecule has 7 heteroatoms. The molecule has 1 heterocycles. The molecule has 1 unspecified atom stereocenters. The summed E-state index contributed by atoms with van der Waals surface area (Å²) in [6, 6.07) is 5.01. The molecular weight excluding hydrogens is 390 g/mol. The number of anilines is 1. The number of ether oxygens (including phenoxy) is 3. The Morgan fingerprint density at radius 2 is 2.03 bits per heavy atom. The van der Waals surface area contributed by atoms with Crippen LogP contribution >= 0.6 is 11.3 Å². The van der Waals surface area contributed by atoms with E-state index in [2.05, 4.69) is 12.2 Å². The van der Waals surface area contributed by atoms with Crippen molar-refractivity contribution >= 4 is 28.2 Å². The predicted molar refractivity (Wildman–Crippen MR) is 114 cm³/mol. The highest BCUT2D eigenvalue weighted by molar-refractivity contribution is 7.17. The quantitative estimate of drug-likeness (QED) is 0.661. The van der Waals surface area contributed by atoms with E-state index in [1.54, 1.807) is 25.3 Å². The molecule has 0 spiro atoms. The van der Waals surface area contributed by atoms with Crippen molar-refractivity contribution in [3.05, 3.63) is 39.8 Å². The lowest BCUT2D eigenvalue weighted by molar-refractivity contribution is 0.0505. The highest BCUT2D eigenvalue weighted by Crippen LogP contribution is 2.40. The van der Waals surface area contributed by atoms with Crippen molar-refractivity contribution in [1.82, 2.24) is 0 Å². The fraction of sp³-hybridized carbons (Fsp3) is 0.455. The number of benzene rings is 1. The Hall–Kier alpha value is -2.54. The number of methoxy groups -OCH3 is 2. The predicted octanol–water partition coefficient (Wildman–Crippen LogP) is 4.71. The number of fused-ring (bicyclic) bond motifs is 1. The normalized spacial score (nSPS) is 15.4. The number of nitrogens with one attached hydrogen (secondary N) is 1. The molecule has 1 amide bonds. The number of esters is 1. The van der Waals surface area contributed by atoms with Gasteiger partial charge in [0.1, 0.15) is 16.5 Å². The van der Waals surface area contributed by atoms with E-state index in [0.29, 0.717) is 40.2 Å². The third kappa shape index (κ3) is 4.56. The number of thiophene rings is 1. The lowest BCUT2D eigenvalue weighted by Crippen LogP contribution is -2.17. The number of rotatable bonds is 7. The van der Waals surface area contributed by atoms with Crippen LogP contribution in [-0.4, -0.2) is 32.7 Å². The Bertz CT molecular complexity index is 905. The Kier molecular flexibility index (Phi) is 6.79. The Balaban J connectivity index is 1.94. The molecule has 1 aliphatic rings. The molecule has 1 aromatic heterocycles. The minimum atomic E-state index is -0.365. The van der Waals surface area contributed by atoms with Crippen LogP contribution in [0.1, 0.15) is 57.8 Å². The molecule has 0 fully saturated rings. The van der Waals surface area contributed by atoms with E-state index in [-0.39, 0.29) is 11.9 Å². The number of hydrogen-bond donors (Lipinski definition) is 1. The van der Waals surface area contributed by atoms with E-state index in [1.807, 2.05) is 6.92 Å². The van der Waals surface area contributed by atoms with Crippen LogP contribution in [0.4, 0.5) is 5.00 Å². The number of carbonyl (C=O) groups excluding carboxylic acids is 2. The maximum absolute atomic E-state index is 13.0. The average Bonchev–Trinajstić information content (AvgIpc) is 3.07. The van der Waals surface area contributed by atoms with Gasteiger partial charge in [0.2, 0.25) is 0 Å². The van der Waals surface area contributed by atoms with E-state index in [0.717, 1.165) is 36.1 Å². The molecule has 0 bridgehead atoms. The summed E-state index contributed by atoms with van der Waals surface area (Å²) in [7, 11) is 3.06. The first-order valence-electron chi connectivity index (χ1n) is 9.83. The van der Waals surface area contributed by atoms with Gasteiger partial charge in [0.15, 0.2) is 0 Å². The Morgan fingerprint density at radius 3 is 2.72 bits per heavy atom. The number of hydrogen-bond acceptors (Lipinski definition) is 6. The molecule has 1 aliphatic carbocycles. The van der Waals surface area contributed by atoms with Crippen LogP contribution in [0.3, 0.4) is 0 Å². The number of amides is 1. The maximum Gasteiger partial charge on any atom is 0.341 e. The first kappa shape index (κ1) is 21.2. The summed E-state index contributed by atoms with van der Waals surface area (Å²) in [6.45, 7) is 4.52. The van der Waals surface area contributed by atoms with Crippen molar-refractivity contribution in [3.63, 3.8) is 0 Å².